The normalized spacial score (nSPS) is 12.9. The molecule has 2 aromatic rings. The minimum atomic E-state index is -3.78. The van der Waals surface area contributed by atoms with Crippen LogP contribution in [0.25, 0.3) is 0 Å². The maximum atomic E-state index is 12.6. The lowest BCUT2D eigenvalue weighted by Crippen LogP contribution is -2.47. The van der Waals surface area contributed by atoms with Crippen molar-refractivity contribution < 1.29 is 17.7 Å². The molecule has 2 N–H and O–H groups in total. The van der Waals surface area contributed by atoms with Crippen LogP contribution in [0.3, 0.4) is 0 Å². The van der Waals surface area contributed by atoms with Crippen LogP contribution in [0.2, 0.25) is 0 Å². The lowest BCUT2D eigenvalue weighted by Gasteiger charge is -2.20. The first-order valence-corrected chi connectivity index (χ1v) is 10.8. The molecule has 0 aliphatic heterocycles. The number of amides is 1. The van der Waals surface area contributed by atoms with Crippen LogP contribution in [0.15, 0.2) is 33.7 Å². The molecular weight excluding hydrogens is 380 g/mol. The van der Waals surface area contributed by atoms with Gasteiger partial charge in [0.1, 0.15) is 6.04 Å². The highest BCUT2D eigenvalue weighted by Crippen LogP contribution is 2.13. The highest BCUT2D eigenvalue weighted by molar-refractivity contribution is 7.89. The molecule has 1 aromatic carbocycles. The first-order chi connectivity index (χ1) is 13.2. The summed E-state index contributed by atoms with van der Waals surface area (Å²) in [4.78, 5) is 16.8. The second-order valence-corrected chi connectivity index (χ2v) is 8.96. The number of benzene rings is 1. The van der Waals surface area contributed by atoms with E-state index in [9.17, 15) is 13.2 Å². The van der Waals surface area contributed by atoms with E-state index in [0.29, 0.717) is 37.5 Å². The third-order valence-corrected chi connectivity index (χ3v) is 5.58. The number of carbonyl (C=O) groups excluding carboxylic acids is 1. The quantitative estimate of drug-likeness (QED) is 0.582. The summed E-state index contributed by atoms with van der Waals surface area (Å²) in [6.07, 6.45) is 1.57. The first kappa shape index (κ1) is 22.0. The van der Waals surface area contributed by atoms with Crippen molar-refractivity contribution in [2.45, 2.75) is 57.9 Å². The third kappa shape index (κ3) is 6.72. The smallest absolute Gasteiger partial charge is 0.241 e. The van der Waals surface area contributed by atoms with Crippen LogP contribution < -0.4 is 10.0 Å². The van der Waals surface area contributed by atoms with Crippen molar-refractivity contribution >= 4 is 15.9 Å². The van der Waals surface area contributed by atoms with Crippen molar-refractivity contribution in [3.05, 3.63) is 41.5 Å². The Kier molecular flexibility index (Phi) is 7.70. The molecule has 154 valence electrons. The number of aryl methyl sites for hydroxylation is 3. The molecule has 1 heterocycles. The summed E-state index contributed by atoms with van der Waals surface area (Å²) in [5, 5.41) is 6.51. The van der Waals surface area contributed by atoms with Gasteiger partial charge >= 0.3 is 0 Å². The molecule has 2 rings (SSSR count). The second-order valence-electron chi connectivity index (χ2n) is 7.25. The zero-order valence-electron chi connectivity index (χ0n) is 16.7. The summed E-state index contributed by atoms with van der Waals surface area (Å²) in [7, 11) is -3.78. The molecule has 0 saturated heterocycles. The van der Waals surface area contributed by atoms with Crippen LogP contribution in [0.1, 0.15) is 44.0 Å². The number of carbonyl (C=O) groups is 1. The van der Waals surface area contributed by atoms with Crippen molar-refractivity contribution in [2.75, 3.05) is 6.54 Å². The number of hydrogen-bond donors (Lipinski definition) is 2. The lowest BCUT2D eigenvalue weighted by atomic mass is 10.0. The highest BCUT2D eigenvalue weighted by Gasteiger charge is 2.26. The SMILES string of the molecule is Cc1ccc(S(=O)(=O)NC(CC(C)C)C(=O)NCCCc2nc(C)no2)cc1. The molecule has 0 aliphatic rings. The fourth-order valence-corrected chi connectivity index (χ4v) is 3.88. The van der Waals surface area contributed by atoms with E-state index in [1.165, 1.54) is 12.1 Å². The monoisotopic (exact) mass is 408 g/mol. The Morgan fingerprint density at radius 3 is 2.43 bits per heavy atom. The average Bonchev–Trinajstić information content (AvgIpc) is 3.03. The largest absolute Gasteiger partial charge is 0.355 e. The molecule has 9 heteroatoms. The molecule has 8 nitrogen and oxygen atoms in total. The van der Waals surface area contributed by atoms with Gasteiger partial charge in [-0.25, -0.2) is 8.42 Å². The van der Waals surface area contributed by atoms with Crippen LogP contribution in [0.4, 0.5) is 0 Å². The summed E-state index contributed by atoms with van der Waals surface area (Å²) >= 11 is 0. The lowest BCUT2D eigenvalue weighted by molar-refractivity contribution is -0.123. The molecule has 28 heavy (non-hydrogen) atoms. The topological polar surface area (TPSA) is 114 Å². The number of nitrogens with one attached hydrogen (secondary N) is 2. The zero-order valence-corrected chi connectivity index (χ0v) is 17.5. The molecule has 0 spiro atoms. The minimum absolute atomic E-state index is 0.145. The van der Waals surface area contributed by atoms with Crippen LogP contribution >= 0.6 is 0 Å². The van der Waals surface area contributed by atoms with E-state index in [1.807, 2.05) is 20.8 Å². The summed E-state index contributed by atoms with van der Waals surface area (Å²) in [6, 6.07) is 5.69. The summed E-state index contributed by atoms with van der Waals surface area (Å²) < 4.78 is 32.8. The molecule has 0 aliphatic carbocycles. The van der Waals surface area contributed by atoms with Gasteiger partial charge in [0.05, 0.1) is 4.90 Å². The summed E-state index contributed by atoms with van der Waals surface area (Å²) in [5.41, 5.74) is 0.965. The molecule has 0 saturated carbocycles. The summed E-state index contributed by atoms with van der Waals surface area (Å²) in [5.74, 6) is 0.899. The van der Waals surface area contributed by atoms with Crippen molar-refractivity contribution in [3.8, 4) is 0 Å². The number of aromatic nitrogens is 2. The van der Waals surface area contributed by atoms with E-state index in [0.717, 1.165) is 5.56 Å². The number of nitrogens with zero attached hydrogens (tertiary/aromatic N) is 2. The highest BCUT2D eigenvalue weighted by atomic mass is 32.2. The van der Waals surface area contributed by atoms with Crippen molar-refractivity contribution in [1.82, 2.24) is 20.2 Å². The molecule has 0 bridgehead atoms. The Balaban J connectivity index is 1.95. The maximum Gasteiger partial charge on any atom is 0.241 e. The predicted octanol–water partition coefficient (Wildman–Crippen LogP) is 2.13. The molecule has 0 fully saturated rings. The Morgan fingerprint density at radius 1 is 1.18 bits per heavy atom. The van der Waals surface area contributed by atoms with E-state index in [4.69, 9.17) is 4.52 Å². The Hall–Kier alpha value is -2.26. The first-order valence-electron chi connectivity index (χ1n) is 9.33. The van der Waals surface area contributed by atoms with Crippen molar-refractivity contribution in [2.24, 2.45) is 5.92 Å². The van der Waals surface area contributed by atoms with Crippen molar-refractivity contribution in [3.63, 3.8) is 0 Å². The summed E-state index contributed by atoms with van der Waals surface area (Å²) in [6.45, 7) is 7.90. The van der Waals surface area contributed by atoms with Gasteiger partial charge < -0.3 is 9.84 Å². The minimum Gasteiger partial charge on any atom is -0.355 e. The van der Waals surface area contributed by atoms with E-state index in [1.54, 1.807) is 19.1 Å². The number of hydrogen-bond acceptors (Lipinski definition) is 6. The molecule has 0 radical (unpaired) electrons. The van der Waals surface area contributed by atoms with Crippen LogP contribution in [0, 0.1) is 19.8 Å². The van der Waals surface area contributed by atoms with Gasteiger partial charge in [0, 0.05) is 13.0 Å². The predicted molar refractivity (Wildman–Crippen MR) is 105 cm³/mol. The van der Waals surface area contributed by atoms with E-state index < -0.39 is 16.1 Å². The van der Waals surface area contributed by atoms with Gasteiger partial charge in [-0.1, -0.05) is 36.7 Å². The van der Waals surface area contributed by atoms with Gasteiger partial charge in [-0.2, -0.15) is 9.71 Å². The van der Waals surface area contributed by atoms with Gasteiger partial charge in [-0.15, -0.1) is 0 Å². The molecule has 1 aromatic heterocycles. The third-order valence-electron chi connectivity index (χ3n) is 4.09. The van der Waals surface area contributed by atoms with Gasteiger partial charge in [0.15, 0.2) is 5.82 Å². The van der Waals surface area contributed by atoms with E-state index in [-0.39, 0.29) is 16.7 Å². The van der Waals surface area contributed by atoms with Gasteiger partial charge in [-0.3, -0.25) is 4.79 Å². The fraction of sp³-hybridized carbons (Fsp3) is 0.526. The Labute approximate surface area is 166 Å². The van der Waals surface area contributed by atoms with Gasteiger partial charge in [0.25, 0.3) is 0 Å². The zero-order chi connectivity index (χ0) is 20.7. The fourth-order valence-electron chi connectivity index (χ4n) is 2.67. The average molecular weight is 409 g/mol. The van der Waals surface area contributed by atoms with E-state index >= 15 is 0 Å². The molecule has 1 unspecified atom stereocenters. The molecule has 1 amide bonds. The standard InChI is InChI=1S/C19H28N4O4S/c1-13(2)12-17(23-28(25,26)16-9-7-14(3)8-10-16)19(24)20-11-5-6-18-21-15(4)22-27-18/h7-10,13,17,23H,5-6,11-12H2,1-4H3,(H,20,24). The van der Waals surface area contributed by atoms with Crippen molar-refractivity contribution in [1.29, 1.82) is 0 Å². The second kappa shape index (κ2) is 9.79. The maximum absolute atomic E-state index is 12.6. The van der Waals surface area contributed by atoms with Crippen LogP contribution in [-0.2, 0) is 21.2 Å². The Morgan fingerprint density at radius 2 is 1.86 bits per heavy atom. The van der Waals surface area contributed by atoms with Crippen LogP contribution in [-0.4, -0.2) is 37.1 Å². The van der Waals surface area contributed by atoms with E-state index in [2.05, 4.69) is 20.2 Å². The number of sulfonamides is 1. The molecular formula is C19H28N4O4S. The van der Waals surface area contributed by atoms with Crippen LogP contribution in [0.5, 0.6) is 0 Å². The van der Waals surface area contributed by atoms with Gasteiger partial charge in [-0.05, 0) is 44.7 Å². The molecule has 1 atom stereocenters. The van der Waals surface area contributed by atoms with Gasteiger partial charge in [0.2, 0.25) is 21.8 Å². The Bertz CT molecular complexity index is 876. The number of rotatable bonds is 10.